The lowest BCUT2D eigenvalue weighted by atomic mass is 9.94. The topological polar surface area (TPSA) is 29.3 Å². The van der Waals surface area contributed by atoms with E-state index >= 15 is 0 Å². The molecule has 1 unspecified atom stereocenters. The number of rotatable bonds is 3. The third-order valence-corrected chi connectivity index (χ3v) is 3.24. The highest BCUT2D eigenvalue weighted by Gasteiger charge is 2.52. The van der Waals surface area contributed by atoms with E-state index in [4.69, 9.17) is 5.73 Å². The molecule has 64 valence electrons. The van der Waals surface area contributed by atoms with Crippen molar-refractivity contribution in [3.8, 4) is 0 Å². The lowest BCUT2D eigenvalue weighted by Crippen LogP contribution is -2.52. The molecule has 0 aromatic carbocycles. The Morgan fingerprint density at radius 3 is 2.55 bits per heavy atom. The molecule has 0 aromatic rings. The second-order valence-electron chi connectivity index (χ2n) is 4.33. The molecule has 2 aliphatic rings. The van der Waals surface area contributed by atoms with Crippen LogP contribution in [0.4, 0.5) is 0 Å². The van der Waals surface area contributed by atoms with Crippen LogP contribution in [0.25, 0.3) is 0 Å². The van der Waals surface area contributed by atoms with Gasteiger partial charge in [-0.15, -0.1) is 0 Å². The van der Waals surface area contributed by atoms with Crippen molar-refractivity contribution in [1.82, 2.24) is 4.90 Å². The molecule has 1 aliphatic heterocycles. The second-order valence-corrected chi connectivity index (χ2v) is 4.33. The van der Waals surface area contributed by atoms with Crippen molar-refractivity contribution in [1.29, 1.82) is 0 Å². The number of hydrogen-bond acceptors (Lipinski definition) is 2. The molecule has 0 bridgehead atoms. The maximum Gasteiger partial charge on any atom is 0.00794 e. The van der Waals surface area contributed by atoms with Gasteiger partial charge in [0.2, 0.25) is 0 Å². The van der Waals surface area contributed by atoms with Crippen molar-refractivity contribution in [2.45, 2.75) is 32.2 Å². The van der Waals surface area contributed by atoms with Gasteiger partial charge in [0.15, 0.2) is 0 Å². The summed E-state index contributed by atoms with van der Waals surface area (Å²) in [7, 11) is 0. The van der Waals surface area contributed by atoms with E-state index in [0.717, 1.165) is 24.4 Å². The smallest absolute Gasteiger partial charge is 0.00794 e. The molecule has 1 heterocycles. The normalized spacial score (nSPS) is 30.0. The highest BCUT2D eigenvalue weighted by atomic mass is 15.2. The minimum Gasteiger partial charge on any atom is -0.330 e. The molecular weight excluding hydrogens is 136 g/mol. The van der Waals surface area contributed by atoms with Crippen LogP contribution in [0.2, 0.25) is 0 Å². The predicted molar refractivity (Wildman–Crippen MR) is 46.4 cm³/mol. The Labute approximate surface area is 68.7 Å². The van der Waals surface area contributed by atoms with Gasteiger partial charge in [-0.2, -0.15) is 0 Å². The Kier molecular flexibility index (Phi) is 1.69. The molecule has 2 N–H and O–H groups in total. The maximum atomic E-state index is 5.50. The molecule has 0 aromatic heterocycles. The predicted octanol–water partition coefficient (Wildman–Crippen LogP) is 0.819. The molecule has 1 saturated carbocycles. The van der Waals surface area contributed by atoms with E-state index in [2.05, 4.69) is 11.8 Å². The van der Waals surface area contributed by atoms with Crippen LogP contribution in [-0.4, -0.2) is 30.6 Å². The van der Waals surface area contributed by atoms with Crippen molar-refractivity contribution >= 4 is 0 Å². The Bertz CT molecular complexity index is 144. The van der Waals surface area contributed by atoms with Crippen molar-refractivity contribution < 1.29 is 0 Å². The highest BCUT2D eigenvalue weighted by molar-refractivity contribution is 5.06. The molecule has 1 aliphatic carbocycles. The van der Waals surface area contributed by atoms with Gasteiger partial charge in [0.05, 0.1) is 0 Å². The summed E-state index contributed by atoms with van der Waals surface area (Å²) in [5.41, 5.74) is 6.31. The molecule has 2 nitrogen and oxygen atoms in total. The molecule has 0 amide bonds. The summed E-state index contributed by atoms with van der Waals surface area (Å²) in [4.78, 5) is 2.57. The van der Waals surface area contributed by atoms with Crippen LogP contribution in [0.15, 0.2) is 0 Å². The fourth-order valence-electron chi connectivity index (χ4n) is 2.04. The van der Waals surface area contributed by atoms with E-state index in [1.807, 2.05) is 0 Å². The first-order valence-corrected chi connectivity index (χ1v) is 4.70. The van der Waals surface area contributed by atoms with Gasteiger partial charge in [0.25, 0.3) is 0 Å². The molecule has 1 spiro atoms. The quantitative estimate of drug-likeness (QED) is 0.652. The molecule has 2 rings (SSSR count). The third kappa shape index (κ3) is 1.30. The number of nitrogens with two attached hydrogens (primary N) is 1. The largest absolute Gasteiger partial charge is 0.330 e. The van der Waals surface area contributed by atoms with Crippen molar-refractivity contribution in [2.75, 3.05) is 19.6 Å². The first kappa shape index (κ1) is 7.56. The summed E-state index contributed by atoms with van der Waals surface area (Å²) in [6.07, 6.45) is 4.13. The lowest BCUT2D eigenvalue weighted by Gasteiger charge is -2.44. The summed E-state index contributed by atoms with van der Waals surface area (Å²) < 4.78 is 0. The van der Waals surface area contributed by atoms with Crippen LogP contribution in [0, 0.1) is 5.41 Å². The molecule has 1 atom stereocenters. The average Bonchev–Trinajstić information content (AvgIpc) is 2.62. The van der Waals surface area contributed by atoms with Gasteiger partial charge in [-0.25, -0.2) is 0 Å². The van der Waals surface area contributed by atoms with E-state index < -0.39 is 0 Å². The van der Waals surface area contributed by atoms with Crippen LogP contribution in [0.3, 0.4) is 0 Å². The zero-order chi connectivity index (χ0) is 7.90. The standard InChI is InChI=1S/C9H18N2/c1-8(2-5-10)11-6-9(7-11)3-4-9/h8H,2-7,10H2,1H3. The second kappa shape index (κ2) is 2.46. The first-order chi connectivity index (χ1) is 5.26. The van der Waals surface area contributed by atoms with Gasteiger partial charge in [-0.3, -0.25) is 4.90 Å². The molecule has 2 fully saturated rings. The van der Waals surface area contributed by atoms with Crippen LogP contribution in [0.5, 0.6) is 0 Å². The van der Waals surface area contributed by atoms with Crippen molar-refractivity contribution in [3.05, 3.63) is 0 Å². The van der Waals surface area contributed by atoms with E-state index in [0.29, 0.717) is 0 Å². The molecule has 1 saturated heterocycles. The third-order valence-electron chi connectivity index (χ3n) is 3.24. The fraction of sp³-hybridized carbons (Fsp3) is 1.00. The summed E-state index contributed by atoms with van der Waals surface area (Å²) in [5, 5.41) is 0. The minimum absolute atomic E-state index is 0.728. The SMILES string of the molecule is CC(CCN)N1CC2(CC2)C1. The van der Waals surface area contributed by atoms with Crippen molar-refractivity contribution in [2.24, 2.45) is 11.1 Å². The summed E-state index contributed by atoms with van der Waals surface area (Å²) in [6.45, 7) is 5.84. The van der Waals surface area contributed by atoms with Crippen LogP contribution >= 0.6 is 0 Å². The van der Waals surface area contributed by atoms with Gasteiger partial charge >= 0.3 is 0 Å². The van der Waals surface area contributed by atoms with Gasteiger partial charge in [-0.05, 0) is 38.1 Å². The first-order valence-electron chi connectivity index (χ1n) is 4.70. The molecule has 0 radical (unpaired) electrons. The van der Waals surface area contributed by atoms with Gasteiger partial charge in [0.1, 0.15) is 0 Å². The van der Waals surface area contributed by atoms with E-state index in [9.17, 15) is 0 Å². The average molecular weight is 154 g/mol. The van der Waals surface area contributed by atoms with E-state index in [1.54, 1.807) is 0 Å². The molecular formula is C9H18N2. The lowest BCUT2D eigenvalue weighted by molar-refractivity contribution is 0.0410. The highest BCUT2D eigenvalue weighted by Crippen LogP contribution is 2.53. The Morgan fingerprint density at radius 2 is 2.09 bits per heavy atom. The summed E-state index contributed by atoms with van der Waals surface area (Å²) >= 11 is 0. The number of nitrogens with zero attached hydrogens (tertiary/aromatic N) is 1. The summed E-state index contributed by atoms with van der Waals surface area (Å²) in [6, 6.07) is 0.728. The maximum absolute atomic E-state index is 5.50. The van der Waals surface area contributed by atoms with E-state index in [-0.39, 0.29) is 0 Å². The van der Waals surface area contributed by atoms with Crippen LogP contribution in [-0.2, 0) is 0 Å². The number of likely N-dealkylation sites (tertiary alicyclic amines) is 1. The molecule has 2 heteroatoms. The van der Waals surface area contributed by atoms with Crippen molar-refractivity contribution in [3.63, 3.8) is 0 Å². The molecule has 11 heavy (non-hydrogen) atoms. The van der Waals surface area contributed by atoms with Crippen LogP contribution < -0.4 is 5.73 Å². The fourth-order valence-corrected chi connectivity index (χ4v) is 2.04. The Hall–Kier alpha value is -0.0800. The zero-order valence-electron chi connectivity index (χ0n) is 7.34. The summed E-state index contributed by atoms with van der Waals surface area (Å²) in [5.74, 6) is 0. The zero-order valence-corrected chi connectivity index (χ0v) is 7.34. The number of hydrogen-bond donors (Lipinski definition) is 1. The minimum atomic E-state index is 0.728. The van der Waals surface area contributed by atoms with Gasteiger partial charge in [-0.1, -0.05) is 0 Å². The van der Waals surface area contributed by atoms with Crippen LogP contribution in [0.1, 0.15) is 26.2 Å². The monoisotopic (exact) mass is 154 g/mol. The van der Waals surface area contributed by atoms with Gasteiger partial charge in [0, 0.05) is 19.1 Å². The Morgan fingerprint density at radius 1 is 1.45 bits per heavy atom. The van der Waals surface area contributed by atoms with Gasteiger partial charge < -0.3 is 5.73 Å². The Balaban J connectivity index is 1.72. The van der Waals surface area contributed by atoms with E-state index in [1.165, 1.54) is 25.9 Å².